The lowest BCUT2D eigenvalue weighted by Crippen LogP contribution is -2.18. The second-order valence-electron chi connectivity index (χ2n) is 7.79. The van der Waals surface area contributed by atoms with Gasteiger partial charge in [0.25, 0.3) is 5.91 Å². The predicted octanol–water partition coefficient (Wildman–Crippen LogP) is 4.83. The van der Waals surface area contributed by atoms with Crippen LogP contribution in [0.15, 0.2) is 65.1 Å². The van der Waals surface area contributed by atoms with Crippen LogP contribution in [0, 0.1) is 0 Å². The van der Waals surface area contributed by atoms with Gasteiger partial charge < -0.3 is 9.47 Å². The zero-order chi connectivity index (χ0) is 21.3. The molecule has 1 heterocycles. The van der Waals surface area contributed by atoms with Crippen molar-refractivity contribution in [2.24, 2.45) is 0 Å². The summed E-state index contributed by atoms with van der Waals surface area (Å²) in [7, 11) is 4.19. The summed E-state index contributed by atoms with van der Waals surface area (Å²) in [5.41, 5.74) is 6.88. The van der Waals surface area contributed by atoms with Gasteiger partial charge in [0.05, 0.1) is 0 Å². The normalized spacial score (nSPS) is 11.5. The molecule has 0 bridgehead atoms. The van der Waals surface area contributed by atoms with Crippen LogP contribution in [0.4, 0.5) is 0 Å². The van der Waals surface area contributed by atoms with Crippen LogP contribution in [-0.4, -0.2) is 41.2 Å². The molecule has 0 aliphatic carbocycles. The molecule has 3 aromatic carbocycles. The number of carbonyl (C=O) groups is 1. The van der Waals surface area contributed by atoms with Gasteiger partial charge in [0.15, 0.2) is 0 Å². The number of benzene rings is 3. The van der Waals surface area contributed by atoms with E-state index in [1.807, 2.05) is 12.1 Å². The number of hydrogen-bond donors (Lipinski definition) is 2. The molecule has 0 saturated carbocycles. The molecule has 154 valence electrons. The smallest absolute Gasteiger partial charge is 0.274 e. The molecule has 5 nitrogen and oxygen atoms in total. The molecule has 4 rings (SSSR count). The fraction of sp³-hybridized carbons (Fsp3) is 0.208. The predicted molar refractivity (Wildman–Crippen MR) is 124 cm³/mol. The molecule has 0 aliphatic heterocycles. The topological polar surface area (TPSA) is 57.5 Å². The second-order valence-corrected chi connectivity index (χ2v) is 8.71. The van der Waals surface area contributed by atoms with Crippen molar-refractivity contribution in [1.29, 1.82) is 0 Å². The van der Waals surface area contributed by atoms with E-state index in [9.17, 15) is 4.79 Å². The minimum atomic E-state index is -0.506. The SMILES string of the molecule is CN(C)CCc1ccc2c(c1)c1cc(Br)ccc1n2Cc1ccc(C(=O)NO)cc1. The van der Waals surface area contributed by atoms with Gasteiger partial charge in [0.1, 0.15) is 0 Å². The third-order valence-corrected chi connectivity index (χ3v) is 5.89. The number of hydroxylamine groups is 1. The molecule has 4 aromatic rings. The highest BCUT2D eigenvalue weighted by molar-refractivity contribution is 9.10. The Kier molecular flexibility index (Phi) is 5.90. The molecule has 0 saturated heterocycles. The molecule has 0 unspecified atom stereocenters. The number of aromatic nitrogens is 1. The van der Waals surface area contributed by atoms with Gasteiger partial charge in [0, 0.05) is 44.9 Å². The number of halogens is 1. The zero-order valence-corrected chi connectivity index (χ0v) is 18.6. The summed E-state index contributed by atoms with van der Waals surface area (Å²) in [4.78, 5) is 13.8. The van der Waals surface area contributed by atoms with E-state index >= 15 is 0 Å². The van der Waals surface area contributed by atoms with Crippen molar-refractivity contribution >= 4 is 43.6 Å². The summed E-state index contributed by atoms with van der Waals surface area (Å²) in [5, 5.41) is 11.3. The number of carbonyl (C=O) groups excluding carboxylic acids is 1. The number of amides is 1. The first-order chi connectivity index (χ1) is 14.5. The fourth-order valence-electron chi connectivity index (χ4n) is 3.81. The zero-order valence-electron chi connectivity index (χ0n) is 17.0. The Morgan fingerprint density at radius 1 is 0.967 bits per heavy atom. The molecule has 6 heteroatoms. The van der Waals surface area contributed by atoms with Crippen molar-refractivity contribution in [1.82, 2.24) is 14.9 Å². The molecular formula is C24H24BrN3O2. The Morgan fingerprint density at radius 2 is 1.60 bits per heavy atom. The quantitative estimate of drug-likeness (QED) is 0.316. The highest BCUT2D eigenvalue weighted by Crippen LogP contribution is 2.32. The third-order valence-electron chi connectivity index (χ3n) is 5.40. The molecule has 1 amide bonds. The first-order valence-corrected chi connectivity index (χ1v) is 10.6. The second kappa shape index (κ2) is 8.60. The van der Waals surface area contributed by atoms with Gasteiger partial charge in [-0.2, -0.15) is 0 Å². The van der Waals surface area contributed by atoms with E-state index < -0.39 is 5.91 Å². The van der Waals surface area contributed by atoms with Gasteiger partial charge in [0.2, 0.25) is 0 Å². The minimum absolute atomic E-state index is 0.429. The summed E-state index contributed by atoms with van der Waals surface area (Å²) >= 11 is 3.62. The van der Waals surface area contributed by atoms with Gasteiger partial charge in [-0.3, -0.25) is 10.0 Å². The van der Waals surface area contributed by atoms with Crippen molar-refractivity contribution in [3.8, 4) is 0 Å². The number of nitrogens with one attached hydrogen (secondary N) is 1. The first kappa shape index (κ1) is 20.6. The van der Waals surface area contributed by atoms with Crippen molar-refractivity contribution < 1.29 is 10.0 Å². The lowest BCUT2D eigenvalue weighted by atomic mass is 10.1. The van der Waals surface area contributed by atoms with Crippen LogP contribution in [0.25, 0.3) is 21.8 Å². The monoisotopic (exact) mass is 465 g/mol. The van der Waals surface area contributed by atoms with Crippen LogP contribution < -0.4 is 5.48 Å². The van der Waals surface area contributed by atoms with E-state index in [1.165, 1.54) is 27.4 Å². The van der Waals surface area contributed by atoms with Crippen molar-refractivity contribution in [3.63, 3.8) is 0 Å². The largest absolute Gasteiger partial charge is 0.336 e. The van der Waals surface area contributed by atoms with Gasteiger partial charge in [-0.05, 0) is 74.1 Å². The van der Waals surface area contributed by atoms with Crippen molar-refractivity contribution in [3.05, 3.63) is 81.8 Å². The number of hydrogen-bond acceptors (Lipinski definition) is 3. The van der Waals surface area contributed by atoms with Gasteiger partial charge >= 0.3 is 0 Å². The van der Waals surface area contributed by atoms with Crippen LogP contribution in [0.2, 0.25) is 0 Å². The maximum Gasteiger partial charge on any atom is 0.274 e. The van der Waals surface area contributed by atoms with E-state index in [-0.39, 0.29) is 0 Å². The Balaban J connectivity index is 1.77. The van der Waals surface area contributed by atoms with Crippen LogP contribution in [0.1, 0.15) is 21.5 Å². The lowest BCUT2D eigenvalue weighted by Gasteiger charge is -2.10. The Labute approximate surface area is 184 Å². The van der Waals surface area contributed by atoms with E-state index in [0.717, 1.165) is 23.0 Å². The molecule has 0 fully saturated rings. The van der Waals surface area contributed by atoms with Gasteiger partial charge in [-0.1, -0.05) is 34.1 Å². The molecule has 2 N–H and O–H groups in total. The van der Waals surface area contributed by atoms with Crippen LogP contribution in [0.3, 0.4) is 0 Å². The molecule has 0 radical (unpaired) electrons. The number of nitrogens with zero attached hydrogens (tertiary/aromatic N) is 2. The Morgan fingerprint density at radius 3 is 2.27 bits per heavy atom. The summed E-state index contributed by atoms with van der Waals surface area (Å²) in [6.07, 6.45) is 1.01. The highest BCUT2D eigenvalue weighted by Gasteiger charge is 2.13. The van der Waals surface area contributed by atoms with Gasteiger partial charge in [-0.15, -0.1) is 0 Å². The molecule has 30 heavy (non-hydrogen) atoms. The average molecular weight is 466 g/mol. The number of rotatable bonds is 6. The van der Waals surface area contributed by atoms with E-state index in [0.29, 0.717) is 12.1 Å². The van der Waals surface area contributed by atoms with Crippen LogP contribution >= 0.6 is 15.9 Å². The molecule has 1 aromatic heterocycles. The maximum absolute atomic E-state index is 11.6. The summed E-state index contributed by atoms with van der Waals surface area (Å²) in [6, 6.07) is 20.4. The molecule has 0 aliphatic rings. The van der Waals surface area contributed by atoms with Crippen molar-refractivity contribution in [2.75, 3.05) is 20.6 Å². The third kappa shape index (κ3) is 4.12. The first-order valence-electron chi connectivity index (χ1n) is 9.85. The Bertz CT molecular complexity index is 1210. The lowest BCUT2D eigenvalue weighted by molar-refractivity contribution is 0.0706. The number of fused-ring (bicyclic) bond motifs is 3. The Hall–Kier alpha value is -2.67. The molecule has 0 spiro atoms. The van der Waals surface area contributed by atoms with Crippen LogP contribution in [0.5, 0.6) is 0 Å². The average Bonchev–Trinajstić information content (AvgIpc) is 3.04. The standard InChI is InChI=1S/C24H24BrN3O2/c1-27(2)12-11-16-5-9-22-20(13-16)21-14-19(25)8-10-23(21)28(22)15-17-3-6-18(7-4-17)24(29)26-30/h3-10,13-14,30H,11-12,15H2,1-2H3,(H,26,29). The number of likely N-dealkylation sites (N-methyl/N-ethyl adjacent to an activating group) is 1. The van der Waals surface area contributed by atoms with Crippen molar-refractivity contribution in [2.45, 2.75) is 13.0 Å². The molecular weight excluding hydrogens is 442 g/mol. The fourth-order valence-corrected chi connectivity index (χ4v) is 4.17. The van der Waals surface area contributed by atoms with Gasteiger partial charge in [-0.25, -0.2) is 5.48 Å². The van der Waals surface area contributed by atoms with E-state index in [2.05, 4.69) is 75.9 Å². The summed E-state index contributed by atoms with van der Waals surface area (Å²) in [6.45, 7) is 1.71. The maximum atomic E-state index is 11.6. The van der Waals surface area contributed by atoms with Crippen LogP contribution in [-0.2, 0) is 13.0 Å². The molecule has 0 atom stereocenters. The highest BCUT2D eigenvalue weighted by atomic mass is 79.9. The summed E-state index contributed by atoms with van der Waals surface area (Å²) in [5.74, 6) is -0.506. The minimum Gasteiger partial charge on any atom is -0.336 e. The van der Waals surface area contributed by atoms with E-state index in [1.54, 1.807) is 17.6 Å². The van der Waals surface area contributed by atoms with E-state index in [4.69, 9.17) is 5.21 Å². The summed E-state index contributed by atoms with van der Waals surface area (Å²) < 4.78 is 3.38.